The molecule has 9 heteroatoms. The van der Waals surface area contributed by atoms with Gasteiger partial charge in [0.2, 0.25) is 0 Å². The van der Waals surface area contributed by atoms with Crippen LogP contribution in [-0.4, -0.2) is 58.7 Å². The summed E-state index contributed by atoms with van der Waals surface area (Å²) in [5, 5.41) is 7.78. The number of aromatic nitrogens is 2. The van der Waals surface area contributed by atoms with E-state index in [2.05, 4.69) is 10.4 Å². The quantitative estimate of drug-likeness (QED) is 0.482. The van der Waals surface area contributed by atoms with E-state index in [0.717, 1.165) is 29.3 Å². The van der Waals surface area contributed by atoms with Crippen LogP contribution in [0.2, 0.25) is 0 Å². The summed E-state index contributed by atoms with van der Waals surface area (Å²) in [5.41, 5.74) is 3.25. The van der Waals surface area contributed by atoms with Gasteiger partial charge in [0.05, 0.1) is 29.5 Å². The van der Waals surface area contributed by atoms with Gasteiger partial charge in [0.25, 0.3) is 11.8 Å². The molecular formula is C26H26N4O5. The molecule has 2 saturated heterocycles. The summed E-state index contributed by atoms with van der Waals surface area (Å²) in [4.78, 5) is 27.6. The summed E-state index contributed by atoms with van der Waals surface area (Å²) in [7, 11) is 1.59. The SMILES string of the molecule is CNC(=O)c1c(C)oc2cc(Oc3ccnn4cc(C(=O)N5CCC6OCCC65)c(C)c34)ccc12. The summed E-state index contributed by atoms with van der Waals surface area (Å²) in [6.45, 7) is 5.10. The third kappa shape index (κ3) is 3.37. The van der Waals surface area contributed by atoms with Crippen LogP contribution in [0.15, 0.2) is 41.1 Å². The number of nitrogens with zero attached hydrogens (tertiary/aromatic N) is 3. The number of furan rings is 1. The lowest BCUT2D eigenvalue weighted by Gasteiger charge is -2.22. The van der Waals surface area contributed by atoms with Crippen LogP contribution < -0.4 is 10.1 Å². The van der Waals surface area contributed by atoms with Crippen LogP contribution in [0.1, 0.15) is 44.9 Å². The number of likely N-dealkylation sites (tertiary alicyclic amines) is 1. The molecule has 0 radical (unpaired) electrons. The summed E-state index contributed by atoms with van der Waals surface area (Å²) in [6, 6.07) is 7.31. The average Bonchev–Trinajstić information content (AvgIpc) is 3.60. The van der Waals surface area contributed by atoms with Crippen LogP contribution in [-0.2, 0) is 4.74 Å². The molecule has 2 atom stereocenters. The van der Waals surface area contributed by atoms with E-state index >= 15 is 0 Å². The smallest absolute Gasteiger partial charge is 0.256 e. The van der Waals surface area contributed by atoms with Gasteiger partial charge in [0, 0.05) is 43.9 Å². The highest BCUT2D eigenvalue weighted by atomic mass is 16.5. The third-order valence-electron chi connectivity index (χ3n) is 7.13. The summed E-state index contributed by atoms with van der Waals surface area (Å²) >= 11 is 0. The molecular weight excluding hydrogens is 448 g/mol. The Balaban J connectivity index is 1.34. The van der Waals surface area contributed by atoms with E-state index in [9.17, 15) is 9.59 Å². The predicted molar refractivity (Wildman–Crippen MR) is 128 cm³/mol. The second kappa shape index (κ2) is 8.13. The molecule has 1 aromatic carbocycles. The van der Waals surface area contributed by atoms with Crippen molar-refractivity contribution in [3.05, 3.63) is 59.1 Å². The number of amides is 2. The standard InChI is InChI=1S/C26H26N4O5/c1-14-18(26(32)29-10-7-20-19(29)8-11-33-20)13-30-24(14)21(6-9-28-30)35-16-4-5-17-22(12-16)34-15(2)23(17)25(31)27-3/h4-6,9,12-13,19-20H,7-8,10-11H2,1-3H3,(H,27,31). The number of rotatable bonds is 4. The number of hydrogen-bond acceptors (Lipinski definition) is 6. The molecule has 0 aliphatic carbocycles. The van der Waals surface area contributed by atoms with Gasteiger partial charge in [0.15, 0.2) is 5.75 Å². The first-order valence-corrected chi connectivity index (χ1v) is 11.8. The minimum atomic E-state index is -0.194. The third-order valence-corrected chi connectivity index (χ3v) is 7.13. The first-order valence-electron chi connectivity index (χ1n) is 11.8. The molecule has 0 spiro atoms. The number of nitrogens with one attached hydrogen (secondary N) is 1. The zero-order valence-electron chi connectivity index (χ0n) is 19.8. The number of ether oxygens (including phenoxy) is 2. The highest BCUT2D eigenvalue weighted by molar-refractivity contribution is 6.07. The molecule has 3 aromatic heterocycles. The molecule has 9 nitrogen and oxygen atoms in total. The highest BCUT2D eigenvalue weighted by Gasteiger charge is 2.41. The molecule has 4 aromatic rings. The van der Waals surface area contributed by atoms with Crippen molar-refractivity contribution in [1.29, 1.82) is 0 Å². The van der Waals surface area contributed by atoms with Crippen LogP contribution in [0, 0.1) is 13.8 Å². The number of carbonyl (C=O) groups excluding carboxylic acids is 2. The van der Waals surface area contributed by atoms with Crippen molar-refractivity contribution in [2.45, 2.75) is 38.8 Å². The van der Waals surface area contributed by atoms with E-state index in [1.165, 1.54) is 0 Å². The number of fused-ring (bicyclic) bond motifs is 3. The number of aryl methyl sites for hydroxylation is 2. The van der Waals surface area contributed by atoms with Gasteiger partial charge in [-0.15, -0.1) is 0 Å². The zero-order chi connectivity index (χ0) is 24.3. The molecule has 2 aliphatic heterocycles. The Labute approximate surface area is 201 Å². The topological polar surface area (TPSA) is 98.3 Å². The van der Waals surface area contributed by atoms with Crippen molar-refractivity contribution in [2.24, 2.45) is 0 Å². The molecule has 35 heavy (non-hydrogen) atoms. The van der Waals surface area contributed by atoms with Gasteiger partial charge in [-0.3, -0.25) is 9.59 Å². The van der Waals surface area contributed by atoms with Crippen LogP contribution in [0.3, 0.4) is 0 Å². The summed E-state index contributed by atoms with van der Waals surface area (Å²) in [6.07, 6.45) is 5.33. The van der Waals surface area contributed by atoms with E-state index in [0.29, 0.717) is 47.1 Å². The Morgan fingerprint density at radius 3 is 2.89 bits per heavy atom. The molecule has 0 saturated carbocycles. The Morgan fingerprint density at radius 2 is 2.06 bits per heavy atom. The maximum Gasteiger partial charge on any atom is 0.256 e. The molecule has 180 valence electrons. The van der Waals surface area contributed by atoms with Gasteiger partial charge in [-0.05, 0) is 44.4 Å². The maximum absolute atomic E-state index is 13.5. The largest absolute Gasteiger partial charge is 0.460 e. The van der Waals surface area contributed by atoms with Crippen molar-refractivity contribution in [1.82, 2.24) is 19.8 Å². The Hall–Kier alpha value is -3.85. The summed E-state index contributed by atoms with van der Waals surface area (Å²) < 4.78 is 19.5. The molecule has 2 unspecified atom stereocenters. The van der Waals surface area contributed by atoms with Crippen molar-refractivity contribution >= 4 is 28.3 Å². The van der Waals surface area contributed by atoms with E-state index in [1.54, 1.807) is 49.1 Å². The van der Waals surface area contributed by atoms with Crippen LogP contribution >= 0.6 is 0 Å². The zero-order valence-corrected chi connectivity index (χ0v) is 19.8. The molecule has 1 N–H and O–H groups in total. The number of hydrogen-bond donors (Lipinski definition) is 1. The number of carbonyl (C=O) groups is 2. The Bertz CT molecular complexity index is 1490. The molecule has 6 rings (SSSR count). The van der Waals surface area contributed by atoms with Crippen molar-refractivity contribution in [3.63, 3.8) is 0 Å². The molecule has 0 bridgehead atoms. The van der Waals surface area contributed by atoms with Gasteiger partial charge in [-0.2, -0.15) is 5.10 Å². The van der Waals surface area contributed by atoms with Gasteiger partial charge in [-0.1, -0.05) is 0 Å². The first-order chi connectivity index (χ1) is 17.0. The fraction of sp³-hybridized carbons (Fsp3) is 0.346. The minimum Gasteiger partial charge on any atom is -0.460 e. The molecule has 2 fully saturated rings. The molecule has 5 heterocycles. The van der Waals surface area contributed by atoms with Crippen molar-refractivity contribution in [2.75, 3.05) is 20.2 Å². The van der Waals surface area contributed by atoms with Gasteiger partial charge in [-0.25, -0.2) is 4.52 Å². The first kappa shape index (κ1) is 21.7. The normalized spacial score (nSPS) is 19.5. The fourth-order valence-corrected chi connectivity index (χ4v) is 5.43. The van der Waals surface area contributed by atoms with Crippen LogP contribution in [0.25, 0.3) is 16.5 Å². The Morgan fingerprint density at radius 1 is 1.20 bits per heavy atom. The lowest BCUT2D eigenvalue weighted by Crippen LogP contribution is -2.37. The van der Waals surface area contributed by atoms with Gasteiger partial charge in [0.1, 0.15) is 22.6 Å². The van der Waals surface area contributed by atoms with Crippen molar-refractivity contribution < 1.29 is 23.5 Å². The number of benzene rings is 1. The van der Waals surface area contributed by atoms with Crippen LogP contribution in [0.4, 0.5) is 0 Å². The monoisotopic (exact) mass is 474 g/mol. The lowest BCUT2D eigenvalue weighted by atomic mass is 10.1. The van der Waals surface area contributed by atoms with E-state index < -0.39 is 0 Å². The molecule has 2 aliphatic rings. The van der Waals surface area contributed by atoms with E-state index in [1.807, 2.05) is 17.9 Å². The summed E-state index contributed by atoms with van der Waals surface area (Å²) in [5.74, 6) is 1.49. The predicted octanol–water partition coefficient (Wildman–Crippen LogP) is 3.85. The van der Waals surface area contributed by atoms with E-state index in [4.69, 9.17) is 13.9 Å². The highest BCUT2D eigenvalue weighted by Crippen LogP contribution is 2.35. The second-order valence-electron chi connectivity index (χ2n) is 9.08. The second-order valence-corrected chi connectivity index (χ2v) is 9.08. The minimum absolute atomic E-state index is 0.00570. The van der Waals surface area contributed by atoms with Crippen LogP contribution in [0.5, 0.6) is 11.5 Å². The molecule has 2 amide bonds. The maximum atomic E-state index is 13.5. The fourth-order valence-electron chi connectivity index (χ4n) is 5.43. The van der Waals surface area contributed by atoms with E-state index in [-0.39, 0.29) is 24.0 Å². The van der Waals surface area contributed by atoms with Crippen molar-refractivity contribution in [3.8, 4) is 11.5 Å². The lowest BCUT2D eigenvalue weighted by molar-refractivity contribution is 0.0699. The average molecular weight is 475 g/mol. The van der Waals surface area contributed by atoms with Gasteiger partial charge < -0.3 is 24.1 Å². The Kier molecular flexibility index (Phi) is 5.03. The van der Waals surface area contributed by atoms with Gasteiger partial charge >= 0.3 is 0 Å².